The van der Waals surface area contributed by atoms with E-state index in [1.807, 2.05) is 18.2 Å². The molecular weight excluding hydrogens is 286 g/mol. The summed E-state index contributed by atoms with van der Waals surface area (Å²) in [5, 5.41) is 3.39. The number of carbonyl (C=O) groups is 2. The summed E-state index contributed by atoms with van der Waals surface area (Å²) in [6.07, 6.45) is 0. The zero-order valence-electron chi connectivity index (χ0n) is 11.6. The van der Waals surface area contributed by atoms with Gasteiger partial charge in [-0.1, -0.05) is 36.5 Å². The fraction of sp³-hybridized carbons (Fsp3) is 0.267. The van der Waals surface area contributed by atoms with E-state index >= 15 is 0 Å². The molecule has 3 rings (SSSR count). The molecule has 21 heavy (non-hydrogen) atoms. The van der Waals surface area contributed by atoms with Crippen molar-refractivity contribution in [3.63, 3.8) is 0 Å². The fourth-order valence-corrected chi connectivity index (χ4v) is 3.18. The van der Waals surface area contributed by atoms with Crippen molar-refractivity contribution in [2.75, 3.05) is 12.3 Å². The lowest BCUT2D eigenvalue weighted by atomic mass is 10.1. The predicted molar refractivity (Wildman–Crippen MR) is 84.0 cm³/mol. The zero-order chi connectivity index (χ0) is 15.0. The SMILES string of the molecule is C=C1c2ccccc2C(=O)N1[C@H](C)C(=O)NC1=NCCS1. The smallest absolute Gasteiger partial charge is 0.259 e. The van der Waals surface area contributed by atoms with Crippen LogP contribution in [0.3, 0.4) is 0 Å². The van der Waals surface area contributed by atoms with Crippen molar-refractivity contribution in [2.24, 2.45) is 4.99 Å². The Morgan fingerprint density at radius 3 is 2.76 bits per heavy atom. The lowest BCUT2D eigenvalue weighted by Gasteiger charge is -2.24. The van der Waals surface area contributed by atoms with E-state index in [9.17, 15) is 9.59 Å². The summed E-state index contributed by atoms with van der Waals surface area (Å²) in [5.74, 6) is 0.454. The molecule has 0 bridgehead atoms. The molecule has 2 aliphatic heterocycles. The number of carbonyl (C=O) groups excluding carboxylic acids is 2. The highest BCUT2D eigenvalue weighted by Crippen LogP contribution is 2.32. The topological polar surface area (TPSA) is 61.8 Å². The molecule has 0 unspecified atom stereocenters. The van der Waals surface area contributed by atoms with Gasteiger partial charge < -0.3 is 5.32 Å². The summed E-state index contributed by atoms with van der Waals surface area (Å²) in [7, 11) is 0. The van der Waals surface area contributed by atoms with E-state index in [0.29, 0.717) is 16.4 Å². The molecule has 108 valence electrons. The molecule has 1 aromatic rings. The van der Waals surface area contributed by atoms with Gasteiger partial charge in [0.2, 0.25) is 5.91 Å². The van der Waals surface area contributed by atoms with Crippen LogP contribution in [0.2, 0.25) is 0 Å². The van der Waals surface area contributed by atoms with Gasteiger partial charge in [0.15, 0.2) is 5.17 Å². The summed E-state index contributed by atoms with van der Waals surface area (Å²) in [6.45, 7) is 6.37. The van der Waals surface area contributed by atoms with Gasteiger partial charge in [-0.25, -0.2) is 0 Å². The van der Waals surface area contributed by atoms with Gasteiger partial charge in [0.25, 0.3) is 5.91 Å². The van der Waals surface area contributed by atoms with Gasteiger partial charge >= 0.3 is 0 Å². The summed E-state index contributed by atoms with van der Waals surface area (Å²) in [6, 6.07) is 6.64. The molecule has 1 N–H and O–H groups in total. The van der Waals surface area contributed by atoms with Gasteiger partial charge in [-0.3, -0.25) is 19.5 Å². The molecule has 0 aromatic heterocycles. The first kappa shape index (κ1) is 13.9. The van der Waals surface area contributed by atoms with Crippen LogP contribution in [0.25, 0.3) is 5.70 Å². The Labute approximate surface area is 127 Å². The Balaban J connectivity index is 1.79. The van der Waals surface area contributed by atoms with Crippen molar-refractivity contribution >= 4 is 34.4 Å². The van der Waals surface area contributed by atoms with Crippen molar-refractivity contribution in [3.05, 3.63) is 42.0 Å². The molecule has 0 radical (unpaired) electrons. The molecule has 2 heterocycles. The number of fused-ring (bicyclic) bond motifs is 1. The first-order chi connectivity index (χ1) is 10.1. The van der Waals surface area contributed by atoms with Crippen molar-refractivity contribution in [1.29, 1.82) is 0 Å². The number of aliphatic imine (C=N–C) groups is 1. The van der Waals surface area contributed by atoms with Gasteiger partial charge in [-0.2, -0.15) is 0 Å². The van der Waals surface area contributed by atoms with Gasteiger partial charge in [0.05, 0.1) is 6.54 Å². The van der Waals surface area contributed by atoms with Gasteiger partial charge in [0.1, 0.15) is 6.04 Å². The molecular formula is C15H15N3O2S. The van der Waals surface area contributed by atoms with Gasteiger partial charge in [-0.15, -0.1) is 0 Å². The lowest BCUT2D eigenvalue weighted by molar-refractivity contribution is -0.122. The van der Waals surface area contributed by atoms with Crippen LogP contribution in [-0.2, 0) is 4.79 Å². The first-order valence-electron chi connectivity index (χ1n) is 6.69. The number of rotatable bonds is 2. The van der Waals surface area contributed by atoms with Crippen molar-refractivity contribution < 1.29 is 9.59 Å². The quantitative estimate of drug-likeness (QED) is 0.905. The van der Waals surface area contributed by atoms with Crippen LogP contribution >= 0.6 is 11.8 Å². The molecule has 0 saturated heterocycles. The van der Waals surface area contributed by atoms with Gasteiger partial charge in [-0.05, 0) is 13.0 Å². The minimum atomic E-state index is -0.624. The van der Waals surface area contributed by atoms with Crippen LogP contribution in [0, 0.1) is 0 Å². The third-order valence-corrected chi connectivity index (χ3v) is 4.45. The summed E-state index contributed by atoms with van der Waals surface area (Å²) in [4.78, 5) is 30.4. The average Bonchev–Trinajstić information content (AvgIpc) is 3.07. The zero-order valence-corrected chi connectivity index (χ0v) is 12.4. The summed E-state index contributed by atoms with van der Waals surface area (Å²) < 4.78 is 0. The maximum absolute atomic E-state index is 12.4. The maximum Gasteiger partial charge on any atom is 0.259 e. The minimum absolute atomic E-state index is 0.181. The van der Waals surface area contributed by atoms with Crippen molar-refractivity contribution in [3.8, 4) is 0 Å². The van der Waals surface area contributed by atoms with Gasteiger partial charge in [0, 0.05) is 22.6 Å². The van der Waals surface area contributed by atoms with E-state index < -0.39 is 6.04 Å². The molecule has 0 saturated carbocycles. The van der Waals surface area contributed by atoms with Crippen LogP contribution in [-0.4, -0.2) is 40.2 Å². The second kappa shape index (κ2) is 5.37. The molecule has 6 heteroatoms. The van der Waals surface area contributed by atoms with E-state index in [1.165, 1.54) is 16.7 Å². The number of nitrogens with one attached hydrogen (secondary N) is 1. The molecule has 5 nitrogen and oxygen atoms in total. The average molecular weight is 301 g/mol. The number of thioether (sulfide) groups is 1. The van der Waals surface area contributed by atoms with Crippen LogP contribution in [0.15, 0.2) is 35.8 Å². The molecule has 1 aromatic carbocycles. The largest absolute Gasteiger partial charge is 0.304 e. The predicted octanol–water partition coefficient (Wildman–Crippen LogP) is 1.72. The number of nitrogens with zero attached hydrogens (tertiary/aromatic N) is 2. The molecule has 0 aliphatic carbocycles. The van der Waals surface area contributed by atoms with Crippen molar-refractivity contribution in [1.82, 2.24) is 10.2 Å². The number of hydrogen-bond donors (Lipinski definition) is 1. The Kier molecular flexibility index (Phi) is 3.55. The monoisotopic (exact) mass is 301 g/mol. The third-order valence-electron chi connectivity index (χ3n) is 3.56. The maximum atomic E-state index is 12.4. The molecule has 2 amide bonds. The van der Waals surface area contributed by atoms with E-state index in [4.69, 9.17) is 0 Å². The Hall–Kier alpha value is -2.08. The number of hydrogen-bond acceptors (Lipinski definition) is 4. The second-order valence-electron chi connectivity index (χ2n) is 4.87. The highest BCUT2D eigenvalue weighted by atomic mass is 32.2. The van der Waals surface area contributed by atoms with Crippen LogP contribution in [0.1, 0.15) is 22.8 Å². The molecule has 0 spiro atoms. The number of amides is 2. The fourth-order valence-electron chi connectivity index (χ4n) is 2.45. The van der Waals surface area contributed by atoms with E-state index in [-0.39, 0.29) is 11.8 Å². The molecule has 0 fully saturated rings. The summed E-state index contributed by atoms with van der Waals surface area (Å²) >= 11 is 1.51. The number of benzene rings is 1. The molecule has 2 aliphatic rings. The van der Waals surface area contributed by atoms with Crippen LogP contribution < -0.4 is 5.32 Å². The second-order valence-corrected chi connectivity index (χ2v) is 5.95. The highest BCUT2D eigenvalue weighted by Gasteiger charge is 2.37. The van der Waals surface area contributed by atoms with E-state index in [0.717, 1.165) is 17.9 Å². The Morgan fingerprint density at radius 2 is 2.14 bits per heavy atom. The Bertz CT molecular complexity index is 634. The molecule has 1 atom stereocenters. The lowest BCUT2D eigenvalue weighted by Crippen LogP contribution is -2.45. The normalized spacial score (nSPS) is 18.5. The number of amidine groups is 1. The van der Waals surface area contributed by atoms with Crippen molar-refractivity contribution in [2.45, 2.75) is 13.0 Å². The minimum Gasteiger partial charge on any atom is -0.304 e. The highest BCUT2D eigenvalue weighted by molar-refractivity contribution is 8.14. The van der Waals surface area contributed by atoms with E-state index in [1.54, 1.807) is 13.0 Å². The summed E-state index contributed by atoms with van der Waals surface area (Å²) in [5.41, 5.74) is 1.95. The van der Waals surface area contributed by atoms with Crippen LogP contribution in [0.5, 0.6) is 0 Å². The Morgan fingerprint density at radius 1 is 1.43 bits per heavy atom. The first-order valence-corrected chi connectivity index (χ1v) is 7.68. The van der Waals surface area contributed by atoms with Crippen LogP contribution in [0.4, 0.5) is 0 Å². The standard InChI is InChI=1S/C15H15N3O2S/c1-9-11-5-3-4-6-12(11)14(20)18(9)10(2)13(19)17-15-16-7-8-21-15/h3-6,10H,1,7-8H2,2H3,(H,16,17,19)/t10-/m1/s1. The van der Waals surface area contributed by atoms with E-state index in [2.05, 4.69) is 16.9 Å². The third kappa shape index (κ3) is 2.35.